The lowest BCUT2D eigenvalue weighted by Gasteiger charge is -2.36. The Morgan fingerprint density at radius 3 is 1.87 bits per heavy atom. The van der Waals surface area contributed by atoms with Crippen LogP contribution in [0.3, 0.4) is 0 Å². The summed E-state index contributed by atoms with van der Waals surface area (Å²) < 4.78 is 77.0. The number of hydroxylamine groups is 4. The number of rotatable bonds is 23. The quantitative estimate of drug-likeness (QED) is 0.0200. The molecular weight excluding hydrogens is 1690 g/mol. The van der Waals surface area contributed by atoms with Crippen molar-refractivity contribution in [2.24, 2.45) is 5.92 Å². The first-order chi connectivity index (χ1) is 35.2. The third-order valence-electron chi connectivity index (χ3n) is 13.4. The van der Waals surface area contributed by atoms with Crippen LogP contribution in [-0.4, -0.2) is 100 Å². The Morgan fingerprint density at radius 2 is 1.28 bits per heavy atom. The van der Waals surface area contributed by atoms with E-state index in [9.17, 15) is 54.7 Å². The summed E-state index contributed by atoms with van der Waals surface area (Å²) in [7, 11) is -8.92. The summed E-state index contributed by atoms with van der Waals surface area (Å²) in [6, 6.07) is 3.87. The number of amides is 4. The average molecular weight is 1750 g/mol. The first kappa shape index (κ1) is 62.5. The second-order valence-electron chi connectivity index (χ2n) is 18.6. The Balaban J connectivity index is 1.35. The zero-order valence-corrected chi connectivity index (χ0v) is 55.3. The largest absolute Gasteiger partial charge is 0.337 e. The summed E-state index contributed by atoms with van der Waals surface area (Å²) in [5.74, 6) is -6.19. The SMILES string of the molecule is CCCCC(C(=O)ON1C(=O)CCC1=O)C1(C)/C(=C/C=C/C=C/C=C/C2=[N+](CCCS(=O)(=O)O)c3cc(I)c(I)c(I)c3C2(C)CCCCCC(=O)ON2C(=O)CCC2=O)N(CS(=O)(=O)O)c2cc(I)c(I)c(I)c21. The van der Waals surface area contributed by atoms with E-state index < -0.39 is 84.2 Å². The number of carbonyl (C=O) groups excluding carboxylic acids is 6. The van der Waals surface area contributed by atoms with Gasteiger partial charge in [-0.15, -0.1) is 10.1 Å². The molecule has 0 bridgehead atoms. The first-order valence-corrected chi connectivity index (χ1v) is 33.4. The molecule has 18 nitrogen and oxygen atoms in total. The molecule has 26 heteroatoms. The maximum atomic E-state index is 14.4. The van der Waals surface area contributed by atoms with Gasteiger partial charge in [0.2, 0.25) is 5.69 Å². The summed E-state index contributed by atoms with van der Waals surface area (Å²) in [5.41, 5.74) is 2.32. The lowest BCUT2D eigenvalue weighted by atomic mass is 9.69. The molecule has 2 N–H and O–H groups in total. The minimum Gasteiger partial charge on any atom is -0.330 e. The van der Waals surface area contributed by atoms with Gasteiger partial charge in [0.1, 0.15) is 6.54 Å². The van der Waals surface area contributed by atoms with E-state index >= 15 is 0 Å². The van der Waals surface area contributed by atoms with Gasteiger partial charge in [-0.2, -0.15) is 21.4 Å². The van der Waals surface area contributed by atoms with Crippen LogP contribution < -0.4 is 4.90 Å². The molecule has 6 rings (SSSR count). The molecule has 2 aromatic carbocycles. The molecule has 0 radical (unpaired) electrons. The summed E-state index contributed by atoms with van der Waals surface area (Å²) in [6.45, 7) is 6.15. The molecule has 2 saturated heterocycles. The molecule has 0 aromatic heterocycles. The molecule has 406 valence electrons. The van der Waals surface area contributed by atoms with Crippen LogP contribution in [0.2, 0.25) is 0 Å². The van der Waals surface area contributed by atoms with Gasteiger partial charge >= 0.3 is 11.9 Å². The zero-order valence-electron chi connectivity index (χ0n) is 40.8. The minimum atomic E-state index is -4.66. The highest BCUT2D eigenvalue weighted by Crippen LogP contribution is 2.57. The normalized spacial score (nSPS) is 21.1. The van der Waals surface area contributed by atoms with Gasteiger partial charge in [-0.1, -0.05) is 63.0 Å². The van der Waals surface area contributed by atoms with Gasteiger partial charge in [0.05, 0.1) is 22.6 Å². The van der Waals surface area contributed by atoms with Crippen molar-refractivity contribution in [3.63, 3.8) is 0 Å². The Kier molecular flexibility index (Phi) is 21.9. The highest BCUT2D eigenvalue weighted by molar-refractivity contribution is 14.1. The molecule has 0 saturated carbocycles. The topological polar surface area (TPSA) is 242 Å². The molecule has 4 aliphatic rings. The van der Waals surface area contributed by atoms with Crippen LogP contribution in [0.4, 0.5) is 11.4 Å². The number of allylic oxidation sites excluding steroid dienone is 8. The fraction of sp³-hybridized carbons (Fsp3) is 0.449. The van der Waals surface area contributed by atoms with E-state index in [2.05, 4.69) is 153 Å². The monoisotopic (exact) mass is 1750 g/mol. The minimum absolute atomic E-state index is 0.000130. The summed E-state index contributed by atoms with van der Waals surface area (Å²) in [6.07, 6.45) is 16.2. The van der Waals surface area contributed by atoms with Crippen LogP contribution in [-0.2, 0) is 69.5 Å². The Morgan fingerprint density at radius 1 is 0.720 bits per heavy atom. The molecule has 4 heterocycles. The molecule has 3 unspecified atom stereocenters. The van der Waals surface area contributed by atoms with E-state index in [0.29, 0.717) is 65.6 Å². The number of halogens is 6. The Labute approximate surface area is 518 Å². The first-order valence-electron chi connectivity index (χ1n) is 23.7. The fourth-order valence-corrected chi connectivity index (χ4v) is 16.3. The smallest absolute Gasteiger partial charge is 0.330 e. The van der Waals surface area contributed by atoms with Crippen molar-refractivity contribution in [3.05, 3.63) is 92.9 Å². The van der Waals surface area contributed by atoms with E-state index in [1.807, 2.05) is 26.0 Å². The molecule has 0 spiro atoms. The Bertz CT molecular complexity index is 3060. The van der Waals surface area contributed by atoms with Gasteiger partial charge in [-0.05, 0) is 181 Å². The summed E-state index contributed by atoms with van der Waals surface area (Å²) in [4.78, 5) is 88.4. The molecular formula is C49H53I6N4O14S2+. The van der Waals surface area contributed by atoms with Crippen LogP contribution in [0.1, 0.15) is 115 Å². The predicted octanol–water partition coefficient (Wildman–Crippen LogP) is 10.1. The van der Waals surface area contributed by atoms with Gasteiger partial charge < -0.3 is 14.6 Å². The maximum Gasteiger partial charge on any atom is 0.337 e. The summed E-state index contributed by atoms with van der Waals surface area (Å²) in [5, 5.41) is 1.06. The summed E-state index contributed by atoms with van der Waals surface area (Å²) >= 11 is 13.5. The van der Waals surface area contributed by atoms with E-state index in [4.69, 9.17) is 9.68 Å². The predicted molar refractivity (Wildman–Crippen MR) is 330 cm³/mol. The number of anilines is 1. The van der Waals surface area contributed by atoms with Crippen molar-refractivity contribution in [2.45, 2.75) is 115 Å². The zero-order chi connectivity index (χ0) is 55.4. The van der Waals surface area contributed by atoms with Gasteiger partial charge in [-0.25, -0.2) is 9.59 Å². The van der Waals surface area contributed by atoms with Crippen molar-refractivity contribution in [1.29, 1.82) is 0 Å². The number of hydrogen-bond donors (Lipinski definition) is 2. The number of imide groups is 2. The van der Waals surface area contributed by atoms with E-state index in [1.165, 1.54) is 4.90 Å². The van der Waals surface area contributed by atoms with Crippen LogP contribution in [0.25, 0.3) is 0 Å². The van der Waals surface area contributed by atoms with Crippen molar-refractivity contribution in [2.75, 3.05) is 23.1 Å². The standard InChI is InChI=1S/C49H52I6N4O14S2/c1-4-5-15-29(47(65)73-59-38(62)21-22-39(59)63)49(3)35(57(28-75(69,70)71)33-27-31(51)44(53)46(55)42(33)49)17-11-8-6-7-10-16-34-48(2,23-13-9-12-18-40(64)72-58-36(60)19-20-37(58)61)41-32(26-30(50)43(52)45(41)54)56(34)24-14-25-74(66,67)68/h6-8,10-11,16-17,26-27,29H,4-5,9,12-15,18-25,28H2,1-3H3,(H-,66,67,68,69,70,71)/p+1. The highest BCUT2D eigenvalue weighted by atomic mass is 127. The number of fused-ring (bicyclic) bond motifs is 2. The van der Waals surface area contributed by atoms with Crippen LogP contribution in [0, 0.1) is 27.3 Å². The molecule has 4 aliphatic heterocycles. The maximum absolute atomic E-state index is 14.4. The van der Waals surface area contributed by atoms with E-state index in [-0.39, 0.29) is 51.5 Å². The average Bonchev–Trinajstić information content (AvgIpc) is 3.96. The lowest BCUT2D eigenvalue weighted by molar-refractivity contribution is -0.437. The number of carbonyl (C=O) groups is 6. The molecule has 3 atom stereocenters. The van der Waals surface area contributed by atoms with Crippen LogP contribution in [0.15, 0.2) is 60.4 Å². The van der Waals surface area contributed by atoms with E-state index in [0.717, 1.165) is 38.4 Å². The van der Waals surface area contributed by atoms with Crippen molar-refractivity contribution < 1.29 is 69.0 Å². The van der Waals surface area contributed by atoms with Crippen LogP contribution in [0.5, 0.6) is 0 Å². The highest BCUT2D eigenvalue weighted by Gasteiger charge is 2.55. The third kappa shape index (κ3) is 14.4. The van der Waals surface area contributed by atoms with Gasteiger partial charge in [0.25, 0.3) is 43.9 Å². The molecule has 75 heavy (non-hydrogen) atoms. The van der Waals surface area contributed by atoms with Crippen molar-refractivity contribution >= 4 is 208 Å². The third-order valence-corrected chi connectivity index (χ3v) is 25.0. The van der Waals surface area contributed by atoms with Crippen LogP contribution >= 0.6 is 136 Å². The molecule has 4 amide bonds. The number of hydrogen-bond acceptors (Lipinski definition) is 13. The van der Waals surface area contributed by atoms with Crippen molar-refractivity contribution in [1.82, 2.24) is 10.1 Å². The fourth-order valence-electron chi connectivity index (χ4n) is 9.87. The van der Waals surface area contributed by atoms with Gasteiger partial charge in [0, 0.05) is 94.5 Å². The molecule has 2 fully saturated rings. The lowest BCUT2D eigenvalue weighted by Crippen LogP contribution is -2.44. The van der Waals surface area contributed by atoms with Crippen molar-refractivity contribution in [3.8, 4) is 0 Å². The number of unbranched alkanes of at least 4 members (excludes halogenated alkanes) is 3. The van der Waals surface area contributed by atoms with E-state index in [1.54, 1.807) is 36.4 Å². The second kappa shape index (κ2) is 26.3. The number of benzene rings is 2. The Hall–Kier alpha value is -1.71. The number of nitrogens with zero attached hydrogens (tertiary/aromatic N) is 4. The van der Waals surface area contributed by atoms with Gasteiger partial charge in [0.15, 0.2) is 11.6 Å². The second-order valence-corrected chi connectivity index (χ2v) is 28.2. The molecule has 0 aliphatic carbocycles. The van der Waals surface area contributed by atoms with Gasteiger partial charge in [-0.3, -0.25) is 28.3 Å². The molecule has 2 aromatic rings.